The molecule has 96 valence electrons. The van der Waals surface area contributed by atoms with Gasteiger partial charge in [0, 0.05) is 0 Å². The second-order valence-corrected chi connectivity index (χ2v) is 4.60. The standard InChI is InChI=1S/C14H17FN2O/c1-3-9(2)7-12-13(14(16)18-17-12)10-5-4-6-11(15)8-10/h4-6,8-9H,3,7,16H2,1-2H3. The molecule has 4 heteroatoms. The number of hydrogen-bond donors (Lipinski definition) is 1. The van der Waals surface area contributed by atoms with Crippen molar-refractivity contribution in [3.63, 3.8) is 0 Å². The van der Waals surface area contributed by atoms with Crippen LogP contribution in [-0.4, -0.2) is 5.16 Å². The van der Waals surface area contributed by atoms with E-state index in [2.05, 4.69) is 19.0 Å². The molecule has 3 nitrogen and oxygen atoms in total. The van der Waals surface area contributed by atoms with Gasteiger partial charge in [0.15, 0.2) is 0 Å². The molecule has 0 fully saturated rings. The van der Waals surface area contributed by atoms with Crippen molar-refractivity contribution >= 4 is 5.88 Å². The Labute approximate surface area is 106 Å². The van der Waals surface area contributed by atoms with Crippen LogP contribution in [0.1, 0.15) is 26.0 Å². The van der Waals surface area contributed by atoms with Gasteiger partial charge < -0.3 is 10.3 Å². The Balaban J connectivity index is 2.40. The van der Waals surface area contributed by atoms with Crippen LogP contribution in [0.4, 0.5) is 10.3 Å². The van der Waals surface area contributed by atoms with Crippen LogP contribution in [0.5, 0.6) is 0 Å². The second-order valence-electron chi connectivity index (χ2n) is 4.60. The molecule has 2 N–H and O–H groups in total. The van der Waals surface area contributed by atoms with Crippen molar-refractivity contribution in [2.24, 2.45) is 5.92 Å². The fraction of sp³-hybridized carbons (Fsp3) is 0.357. The minimum Gasteiger partial charge on any atom is -0.367 e. The lowest BCUT2D eigenvalue weighted by Crippen LogP contribution is -2.00. The quantitative estimate of drug-likeness (QED) is 0.898. The van der Waals surface area contributed by atoms with Gasteiger partial charge in [-0.1, -0.05) is 37.6 Å². The average molecular weight is 248 g/mol. The molecule has 1 unspecified atom stereocenters. The number of anilines is 1. The first-order chi connectivity index (χ1) is 8.61. The maximum atomic E-state index is 13.3. The Morgan fingerprint density at radius 2 is 2.22 bits per heavy atom. The third-order valence-electron chi connectivity index (χ3n) is 3.14. The van der Waals surface area contributed by atoms with Crippen LogP contribution in [0.15, 0.2) is 28.8 Å². The number of aromatic nitrogens is 1. The summed E-state index contributed by atoms with van der Waals surface area (Å²) >= 11 is 0. The minimum atomic E-state index is -0.289. The summed E-state index contributed by atoms with van der Waals surface area (Å²) in [6.45, 7) is 4.26. The van der Waals surface area contributed by atoms with Crippen LogP contribution in [0, 0.1) is 11.7 Å². The molecule has 1 aromatic carbocycles. The van der Waals surface area contributed by atoms with Crippen LogP contribution in [0.3, 0.4) is 0 Å². The van der Waals surface area contributed by atoms with Gasteiger partial charge in [-0.25, -0.2) is 4.39 Å². The predicted octanol–water partition coefficient (Wildman–Crippen LogP) is 3.65. The third kappa shape index (κ3) is 2.53. The Bertz CT molecular complexity index is 536. The van der Waals surface area contributed by atoms with E-state index in [0.29, 0.717) is 11.5 Å². The van der Waals surface area contributed by atoms with Crippen LogP contribution < -0.4 is 5.73 Å². The maximum Gasteiger partial charge on any atom is 0.230 e. The molecule has 0 saturated heterocycles. The van der Waals surface area contributed by atoms with Crippen LogP contribution in [0.25, 0.3) is 11.1 Å². The summed E-state index contributed by atoms with van der Waals surface area (Å²) in [5.41, 5.74) is 8.02. The van der Waals surface area contributed by atoms with Gasteiger partial charge in [-0.15, -0.1) is 0 Å². The highest BCUT2D eigenvalue weighted by Crippen LogP contribution is 2.31. The number of nitrogens with two attached hydrogens (primary N) is 1. The van der Waals surface area contributed by atoms with E-state index in [4.69, 9.17) is 10.3 Å². The van der Waals surface area contributed by atoms with Crippen molar-refractivity contribution < 1.29 is 8.91 Å². The number of halogens is 1. The smallest absolute Gasteiger partial charge is 0.230 e. The van der Waals surface area contributed by atoms with Gasteiger partial charge in [0.05, 0.1) is 11.3 Å². The highest BCUT2D eigenvalue weighted by Gasteiger charge is 2.17. The molecule has 1 atom stereocenters. The zero-order chi connectivity index (χ0) is 13.1. The molecule has 0 saturated carbocycles. The van der Waals surface area contributed by atoms with Crippen molar-refractivity contribution in [3.8, 4) is 11.1 Å². The molecule has 0 bridgehead atoms. The fourth-order valence-corrected chi connectivity index (χ4v) is 1.90. The largest absolute Gasteiger partial charge is 0.367 e. The third-order valence-corrected chi connectivity index (χ3v) is 3.14. The lowest BCUT2D eigenvalue weighted by Gasteiger charge is -2.07. The van der Waals surface area contributed by atoms with Gasteiger partial charge in [-0.2, -0.15) is 0 Å². The Morgan fingerprint density at radius 3 is 2.89 bits per heavy atom. The Morgan fingerprint density at radius 1 is 1.44 bits per heavy atom. The number of nitrogens with zero attached hydrogens (tertiary/aromatic N) is 1. The lowest BCUT2D eigenvalue weighted by molar-refractivity contribution is 0.418. The summed E-state index contributed by atoms with van der Waals surface area (Å²) < 4.78 is 18.3. The molecular formula is C14H17FN2O. The monoisotopic (exact) mass is 248 g/mol. The zero-order valence-corrected chi connectivity index (χ0v) is 10.6. The molecule has 0 aliphatic heterocycles. The van der Waals surface area contributed by atoms with Crippen LogP contribution >= 0.6 is 0 Å². The number of rotatable bonds is 4. The van der Waals surface area contributed by atoms with E-state index in [9.17, 15) is 4.39 Å². The molecule has 18 heavy (non-hydrogen) atoms. The summed E-state index contributed by atoms with van der Waals surface area (Å²) in [5, 5.41) is 3.99. The van der Waals surface area contributed by atoms with Gasteiger partial charge in [0.2, 0.25) is 5.88 Å². The highest BCUT2D eigenvalue weighted by atomic mass is 19.1. The van der Waals surface area contributed by atoms with Crippen LogP contribution in [0.2, 0.25) is 0 Å². The summed E-state index contributed by atoms with van der Waals surface area (Å²) in [7, 11) is 0. The van der Waals surface area contributed by atoms with Gasteiger partial charge in [-0.05, 0) is 30.0 Å². The molecule has 0 aliphatic carbocycles. The summed E-state index contributed by atoms with van der Waals surface area (Å²) in [4.78, 5) is 0. The van der Waals surface area contributed by atoms with Gasteiger partial charge in [0.1, 0.15) is 5.82 Å². The Hall–Kier alpha value is -1.84. The molecule has 0 radical (unpaired) electrons. The molecule has 1 aromatic heterocycles. The van der Waals surface area contributed by atoms with Crippen molar-refractivity contribution in [1.82, 2.24) is 5.16 Å². The van der Waals surface area contributed by atoms with E-state index < -0.39 is 0 Å². The van der Waals surface area contributed by atoms with Gasteiger partial charge >= 0.3 is 0 Å². The molecule has 1 heterocycles. The van der Waals surface area contributed by atoms with E-state index in [-0.39, 0.29) is 11.7 Å². The van der Waals surface area contributed by atoms with E-state index in [1.54, 1.807) is 6.07 Å². The van der Waals surface area contributed by atoms with E-state index in [1.807, 2.05) is 6.07 Å². The predicted molar refractivity (Wildman–Crippen MR) is 69.5 cm³/mol. The van der Waals surface area contributed by atoms with Crippen LogP contribution in [-0.2, 0) is 6.42 Å². The van der Waals surface area contributed by atoms with Crippen molar-refractivity contribution in [2.75, 3.05) is 5.73 Å². The molecule has 0 aliphatic rings. The molecule has 0 amide bonds. The zero-order valence-electron chi connectivity index (χ0n) is 10.6. The average Bonchev–Trinajstić information content (AvgIpc) is 2.70. The summed E-state index contributed by atoms with van der Waals surface area (Å²) in [6.07, 6.45) is 1.83. The maximum absolute atomic E-state index is 13.3. The van der Waals surface area contributed by atoms with Crippen molar-refractivity contribution in [3.05, 3.63) is 35.8 Å². The normalized spacial score (nSPS) is 12.6. The molecule has 2 rings (SSSR count). The number of hydrogen-bond acceptors (Lipinski definition) is 3. The Kier molecular flexibility index (Phi) is 3.65. The number of nitrogen functional groups attached to an aromatic ring is 1. The number of benzene rings is 1. The van der Waals surface area contributed by atoms with Crippen molar-refractivity contribution in [2.45, 2.75) is 26.7 Å². The topological polar surface area (TPSA) is 52.0 Å². The molecule has 0 spiro atoms. The highest BCUT2D eigenvalue weighted by molar-refractivity contribution is 5.75. The van der Waals surface area contributed by atoms with Gasteiger partial charge in [0.25, 0.3) is 0 Å². The molecular weight excluding hydrogens is 231 g/mol. The summed E-state index contributed by atoms with van der Waals surface area (Å²) in [5.74, 6) is 0.448. The minimum absolute atomic E-state index is 0.249. The van der Waals surface area contributed by atoms with Gasteiger partial charge in [-0.3, -0.25) is 0 Å². The summed E-state index contributed by atoms with van der Waals surface area (Å²) in [6, 6.07) is 6.32. The fourth-order valence-electron chi connectivity index (χ4n) is 1.90. The SMILES string of the molecule is CCC(C)Cc1noc(N)c1-c1cccc(F)c1. The first-order valence-corrected chi connectivity index (χ1v) is 6.11. The van der Waals surface area contributed by atoms with E-state index >= 15 is 0 Å². The first kappa shape index (κ1) is 12.6. The lowest BCUT2D eigenvalue weighted by atomic mass is 9.97. The van der Waals surface area contributed by atoms with E-state index in [1.165, 1.54) is 12.1 Å². The van der Waals surface area contributed by atoms with Crippen molar-refractivity contribution in [1.29, 1.82) is 0 Å². The first-order valence-electron chi connectivity index (χ1n) is 6.11. The molecule has 2 aromatic rings. The second kappa shape index (κ2) is 5.21. The van der Waals surface area contributed by atoms with E-state index in [0.717, 1.165) is 24.1 Å².